The van der Waals surface area contributed by atoms with E-state index in [0.717, 1.165) is 0 Å². The summed E-state index contributed by atoms with van der Waals surface area (Å²) < 4.78 is 23.9. The molecule has 0 N–H and O–H groups in total. The first-order chi connectivity index (χ1) is 11.7. The number of nitrogens with zero attached hydrogens (tertiary/aromatic N) is 1. The van der Waals surface area contributed by atoms with Crippen molar-refractivity contribution in [2.24, 2.45) is 0 Å². The molecule has 2 aromatic rings. The van der Waals surface area contributed by atoms with Gasteiger partial charge in [0.05, 0.1) is 4.92 Å². The smallest absolute Gasteiger partial charge is 0.350 e. The van der Waals surface area contributed by atoms with Gasteiger partial charge in [-0.15, -0.1) is 0 Å². The first-order valence-corrected chi connectivity index (χ1v) is 7.59. The Morgan fingerprint density at radius 1 is 1.20 bits per heavy atom. The Morgan fingerprint density at radius 3 is 2.44 bits per heavy atom. The Morgan fingerprint density at radius 2 is 1.84 bits per heavy atom. The fourth-order valence-electron chi connectivity index (χ4n) is 2.10. The molecule has 0 saturated carbocycles. The number of non-ortho nitro benzene ring substituents is 1. The average molecular weight is 347 g/mol. The lowest BCUT2D eigenvalue weighted by atomic mass is 10.1. The fourth-order valence-corrected chi connectivity index (χ4v) is 2.10. The predicted octanol–water partition coefficient (Wildman–Crippen LogP) is 4.20. The van der Waals surface area contributed by atoms with Crippen molar-refractivity contribution >= 4 is 11.7 Å². The minimum Gasteiger partial charge on any atom is -0.476 e. The van der Waals surface area contributed by atoms with E-state index in [-0.39, 0.29) is 5.69 Å². The summed E-state index contributed by atoms with van der Waals surface area (Å²) in [4.78, 5) is 22.7. The third kappa shape index (κ3) is 4.76. The molecule has 0 bridgehead atoms. The molecular formula is C18H18FNO5. The molecule has 0 spiro atoms. The van der Waals surface area contributed by atoms with Gasteiger partial charge in [0.1, 0.15) is 17.7 Å². The summed E-state index contributed by atoms with van der Waals surface area (Å²) in [7, 11) is 0. The normalized spacial score (nSPS) is 12.3. The molecule has 0 amide bonds. The van der Waals surface area contributed by atoms with Gasteiger partial charge < -0.3 is 9.47 Å². The second-order valence-corrected chi connectivity index (χ2v) is 5.97. The van der Waals surface area contributed by atoms with Crippen molar-refractivity contribution in [3.63, 3.8) is 0 Å². The summed E-state index contributed by atoms with van der Waals surface area (Å²) in [5.41, 5.74) is -0.894. The second kappa shape index (κ2) is 7.29. The highest BCUT2D eigenvalue weighted by atomic mass is 19.1. The van der Waals surface area contributed by atoms with E-state index in [1.807, 2.05) is 0 Å². The molecule has 0 aromatic heterocycles. The quantitative estimate of drug-likeness (QED) is 0.445. The van der Waals surface area contributed by atoms with Crippen molar-refractivity contribution in [1.29, 1.82) is 0 Å². The predicted molar refractivity (Wildman–Crippen MR) is 88.7 cm³/mol. The molecule has 0 radical (unpaired) electrons. The molecule has 0 aliphatic heterocycles. The lowest BCUT2D eigenvalue weighted by Gasteiger charge is -2.26. The number of ether oxygens (including phenoxy) is 2. The lowest BCUT2D eigenvalue weighted by Crippen LogP contribution is -2.40. The van der Waals surface area contributed by atoms with Crippen LogP contribution in [0.4, 0.5) is 10.1 Å². The van der Waals surface area contributed by atoms with E-state index >= 15 is 0 Å². The van der Waals surface area contributed by atoms with Gasteiger partial charge in [0.15, 0.2) is 5.60 Å². The van der Waals surface area contributed by atoms with Gasteiger partial charge in [-0.2, -0.15) is 0 Å². The van der Waals surface area contributed by atoms with Gasteiger partial charge in [-0.05, 0) is 50.6 Å². The molecule has 1 atom stereocenters. The molecule has 2 rings (SSSR count). The van der Waals surface area contributed by atoms with Crippen LogP contribution < -0.4 is 4.74 Å². The van der Waals surface area contributed by atoms with E-state index in [1.54, 1.807) is 13.0 Å². The van der Waals surface area contributed by atoms with Crippen LogP contribution in [0, 0.1) is 15.9 Å². The Hall–Kier alpha value is -2.96. The molecule has 0 aliphatic carbocycles. The highest BCUT2D eigenvalue weighted by Gasteiger charge is 2.33. The van der Waals surface area contributed by atoms with E-state index in [4.69, 9.17) is 9.47 Å². The maximum absolute atomic E-state index is 12.9. The number of carbonyl (C=O) groups excluding carboxylic acids is 1. The van der Waals surface area contributed by atoms with Crippen molar-refractivity contribution in [3.05, 3.63) is 70.0 Å². The Labute approximate surface area is 144 Å². The molecular weight excluding hydrogens is 329 g/mol. The number of rotatable bonds is 6. The zero-order chi connectivity index (χ0) is 18.6. The van der Waals surface area contributed by atoms with E-state index in [1.165, 1.54) is 56.3 Å². The summed E-state index contributed by atoms with van der Waals surface area (Å²) in [5.74, 6) is -0.728. The number of esters is 1. The van der Waals surface area contributed by atoms with Crippen LogP contribution in [0.15, 0.2) is 48.5 Å². The maximum atomic E-state index is 12.9. The summed E-state index contributed by atoms with van der Waals surface area (Å²) in [6, 6.07) is 11.1. The minimum atomic E-state index is -1.31. The van der Waals surface area contributed by atoms with Gasteiger partial charge in [0.2, 0.25) is 0 Å². The van der Waals surface area contributed by atoms with Crippen LogP contribution in [0.2, 0.25) is 0 Å². The van der Waals surface area contributed by atoms with Gasteiger partial charge in [0, 0.05) is 12.1 Å². The number of carbonyl (C=O) groups is 1. The van der Waals surface area contributed by atoms with Crippen LogP contribution in [0.5, 0.6) is 5.75 Å². The second-order valence-electron chi connectivity index (χ2n) is 5.97. The average Bonchev–Trinajstić information content (AvgIpc) is 2.56. The van der Waals surface area contributed by atoms with Gasteiger partial charge in [-0.25, -0.2) is 9.18 Å². The molecule has 7 heteroatoms. The largest absolute Gasteiger partial charge is 0.476 e. The molecule has 6 nitrogen and oxygen atoms in total. The summed E-state index contributed by atoms with van der Waals surface area (Å²) in [6.07, 6.45) is -0.691. The molecule has 0 aliphatic rings. The first-order valence-electron chi connectivity index (χ1n) is 7.59. The molecule has 2 aromatic carbocycles. The SMILES string of the molecule is C[C@@H](OC(=O)C(C)(C)Oc1ccc(F)cc1)c1cccc([N+](=O)[O-])c1. The molecule has 25 heavy (non-hydrogen) atoms. The van der Waals surface area contributed by atoms with Gasteiger partial charge in [-0.3, -0.25) is 10.1 Å². The van der Waals surface area contributed by atoms with E-state index in [9.17, 15) is 19.3 Å². The number of hydrogen-bond donors (Lipinski definition) is 0. The molecule has 0 unspecified atom stereocenters. The minimum absolute atomic E-state index is 0.0813. The summed E-state index contributed by atoms with van der Waals surface area (Å²) in [5, 5.41) is 10.8. The molecule has 0 saturated heterocycles. The number of halogens is 1. The van der Waals surface area contributed by atoms with E-state index < -0.39 is 28.4 Å². The summed E-state index contributed by atoms with van der Waals surface area (Å²) in [6.45, 7) is 4.67. The topological polar surface area (TPSA) is 78.7 Å². The highest BCUT2D eigenvalue weighted by molar-refractivity contribution is 5.79. The Bertz CT molecular complexity index is 773. The van der Waals surface area contributed by atoms with Crippen LogP contribution in [-0.2, 0) is 9.53 Å². The van der Waals surface area contributed by atoms with Crippen molar-refractivity contribution in [1.82, 2.24) is 0 Å². The number of hydrogen-bond acceptors (Lipinski definition) is 5. The van der Waals surface area contributed by atoms with Crippen molar-refractivity contribution in [2.45, 2.75) is 32.5 Å². The van der Waals surface area contributed by atoms with Gasteiger partial charge >= 0.3 is 5.97 Å². The van der Waals surface area contributed by atoms with Gasteiger partial charge in [-0.1, -0.05) is 12.1 Å². The van der Waals surface area contributed by atoms with E-state index in [2.05, 4.69) is 0 Å². The number of nitro benzene ring substituents is 1. The zero-order valence-corrected chi connectivity index (χ0v) is 14.1. The third-order valence-electron chi connectivity index (χ3n) is 3.51. The standard InChI is InChI=1S/C18H18FNO5/c1-12(13-5-4-6-15(11-13)20(22)23)24-17(21)18(2,3)25-16-9-7-14(19)8-10-16/h4-12H,1-3H3/t12-/m1/s1. The Kier molecular flexibility index (Phi) is 5.36. The number of nitro groups is 1. The van der Waals surface area contributed by atoms with Crippen LogP contribution in [0.1, 0.15) is 32.4 Å². The number of benzene rings is 2. The van der Waals surface area contributed by atoms with Crippen LogP contribution in [-0.4, -0.2) is 16.5 Å². The first kappa shape index (κ1) is 18.4. The third-order valence-corrected chi connectivity index (χ3v) is 3.51. The summed E-state index contributed by atoms with van der Waals surface area (Å²) >= 11 is 0. The molecule has 132 valence electrons. The lowest BCUT2D eigenvalue weighted by molar-refractivity contribution is -0.385. The highest BCUT2D eigenvalue weighted by Crippen LogP contribution is 2.25. The van der Waals surface area contributed by atoms with Gasteiger partial charge in [0.25, 0.3) is 5.69 Å². The zero-order valence-electron chi connectivity index (χ0n) is 14.1. The van der Waals surface area contributed by atoms with Crippen molar-refractivity contribution in [3.8, 4) is 5.75 Å². The van der Waals surface area contributed by atoms with Crippen LogP contribution in [0.3, 0.4) is 0 Å². The molecule has 0 fully saturated rings. The van der Waals surface area contributed by atoms with E-state index in [0.29, 0.717) is 11.3 Å². The Balaban J connectivity index is 2.07. The van der Waals surface area contributed by atoms with Crippen molar-refractivity contribution in [2.75, 3.05) is 0 Å². The monoisotopic (exact) mass is 347 g/mol. The van der Waals surface area contributed by atoms with Crippen molar-refractivity contribution < 1.29 is 23.6 Å². The maximum Gasteiger partial charge on any atom is 0.350 e. The fraction of sp³-hybridized carbons (Fsp3) is 0.278. The molecule has 0 heterocycles. The van der Waals surface area contributed by atoms with Crippen LogP contribution >= 0.6 is 0 Å². The van der Waals surface area contributed by atoms with Crippen LogP contribution in [0.25, 0.3) is 0 Å².